The number of benzene rings is 3. The molecule has 0 unspecified atom stereocenters. The van der Waals surface area contributed by atoms with Crippen LogP contribution in [0.25, 0.3) is 16.9 Å². The first-order chi connectivity index (χ1) is 16.0. The Kier molecular flexibility index (Phi) is 6.64. The Hall–Kier alpha value is -4.19. The maximum absolute atomic E-state index is 12.8. The number of hydrogen-bond acceptors (Lipinski definition) is 3. The Bertz CT molecular complexity index is 1250. The summed E-state index contributed by atoms with van der Waals surface area (Å²) in [7, 11) is 1.73. The van der Waals surface area contributed by atoms with E-state index < -0.39 is 0 Å². The van der Waals surface area contributed by atoms with E-state index in [0.717, 1.165) is 28.1 Å². The van der Waals surface area contributed by atoms with Gasteiger partial charge in [-0.3, -0.25) is 9.59 Å². The third-order valence-electron chi connectivity index (χ3n) is 5.37. The molecule has 166 valence electrons. The van der Waals surface area contributed by atoms with Crippen LogP contribution in [-0.4, -0.2) is 40.1 Å². The number of rotatable bonds is 7. The highest BCUT2D eigenvalue weighted by molar-refractivity contribution is 5.96. The number of nitrogens with one attached hydrogen (secondary N) is 1. The van der Waals surface area contributed by atoms with Crippen molar-refractivity contribution in [3.05, 3.63) is 108 Å². The summed E-state index contributed by atoms with van der Waals surface area (Å²) in [6.45, 7) is 2.22. The third-order valence-corrected chi connectivity index (χ3v) is 5.37. The van der Waals surface area contributed by atoms with Gasteiger partial charge in [0.1, 0.15) is 0 Å². The Labute approximate surface area is 193 Å². The Morgan fingerprint density at radius 1 is 0.939 bits per heavy atom. The van der Waals surface area contributed by atoms with Gasteiger partial charge in [-0.1, -0.05) is 66.2 Å². The largest absolute Gasteiger partial charge is 0.343 e. The van der Waals surface area contributed by atoms with Gasteiger partial charge in [0.25, 0.3) is 5.91 Å². The maximum atomic E-state index is 12.8. The zero-order valence-electron chi connectivity index (χ0n) is 18.7. The van der Waals surface area contributed by atoms with Crippen LogP contribution in [0.15, 0.2) is 91.1 Å². The summed E-state index contributed by atoms with van der Waals surface area (Å²) in [4.78, 5) is 26.8. The molecule has 0 aliphatic rings. The number of aromatic nitrogens is 2. The molecule has 4 aromatic rings. The fourth-order valence-electron chi connectivity index (χ4n) is 3.60. The lowest BCUT2D eigenvalue weighted by molar-refractivity contribution is -0.129. The average molecular weight is 439 g/mol. The summed E-state index contributed by atoms with van der Waals surface area (Å²) in [5.74, 6) is -0.440. The van der Waals surface area contributed by atoms with E-state index in [-0.39, 0.29) is 18.4 Å². The van der Waals surface area contributed by atoms with Crippen LogP contribution in [-0.2, 0) is 11.3 Å². The molecule has 0 saturated heterocycles. The van der Waals surface area contributed by atoms with E-state index in [4.69, 9.17) is 5.10 Å². The first-order valence-corrected chi connectivity index (χ1v) is 10.8. The van der Waals surface area contributed by atoms with Gasteiger partial charge in [0.05, 0.1) is 17.9 Å². The molecule has 1 heterocycles. The molecule has 0 spiro atoms. The van der Waals surface area contributed by atoms with Gasteiger partial charge in [-0.15, -0.1) is 0 Å². The van der Waals surface area contributed by atoms with Crippen molar-refractivity contribution in [2.24, 2.45) is 0 Å². The zero-order chi connectivity index (χ0) is 23.2. The topological polar surface area (TPSA) is 67.2 Å². The van der Waals surface area contributed by atoms with Crippen LogP contribution < -0.4 is 5.32 Å². The summed E-state index contributed by atoms with van der Waals surface area (Å²) in [5.41, 5.74) is 5.21. The summed E-state index contributed by atoms with van der Waals surface area (Å²) in [5, 5.41) is 7.51. The quantitative estimate of drug-likeness (QED) is 0.469. The van der Waals surface area contributed by atoms with Crippen LogP contribution in [0.2, 0.25) is 0 Å². The molecule has 0 radical (unpaired) electrons. The third kappa shape index (κ3) is 5.36. The lowest BCUT2D eigenvalue weighted by atomic mass is 10.1. The van der Waals surface area contributed by atoms with Crippen molar-refractivity contribution in [1.82, 2.24) is 20.0 Å². The van der Waals surface area contributed by atoms with Crippen molar-refractivity contribution in [3.63, 3.8) is 0 Å². The van der Waals surface area contributed by atoms with Crippen molar-refractivity contribution in [1.29, 1.82) is 0 Å². The molecular weight excluding hydrogens is 412 g/mol. The van der Waals surface area contributed by atoms with Crippen LogP contribution in [0.1, 0.15) is 21.5 Å². The number of hydrogen-bond donors (Lipinski definition) is 1. The molecule has 33 heavy (non-hydrogen) atoms. The molecule has 0 fully saturated rings. The van der Waals surface area contributed by atoms with Crippen LogP contribution in [0, 0.1) is 6.92 Å². The molecule has 0 saturated carbocycles. The smallest absolute Gasteiger partial charge is 0.251 e. The van der Waals surface area contributed by atoms with Gasteiger partial charge in [0.15, 0.2) is 0 Å². The van der Waals surface area contributed by atoms with Crippen LogP contribution >= 0.6 is 0 Å². The molecule has 6 heteroatoms. The Morgan fingerprint density at radius 2 is 1.64 bits per heavy atom. The molecular formula is C27H26N4O2. The monoisotopic (exact) mass is 438 g/mol. The molecule has 4 rings (SSSR count). The number of carbonyl (C=O) groups is 2. The highest BCUT2D eigenvalue weighted by Crippen LogP contribution is 2.24. The number of aryl methyl sites for hydroxylation is 1. The number of carbonyl (C=O) groups excluding carboxylic acids is 2. The van der Waals surface area contributed by atoms with E-state index in [1.54, 1.807) is 24.1 Å². The predicted molar refractivity (Wildman–Crippen MR) is 129 cm³/mol. The second-order valence-electron chi connectivity index (χ2n) is 7.95. The Morgan fingerprint density at radius 3 is 2.33 bits per heavy atom. The van der Waals surface area contributed by atoms with Crippen LogP contribution in [0.4, 0.5) is 0 Å². The lowest BCUT2D eigenvalue weighted by Crippen LogP contribution is -2.37. The summed E-state index contributed by atoms with van der Waals surface area (Å²) >= 11 is 0. The SMILES string of the molecule is Cc1cccc(C(=O)NCC(=O)N(C)Cc2cn(-c3ccccc3)nc2-c2ccccc2)c1. The van der Waals surface area contributed by atoms with Crippen molar-refractivity contribution >= 4 is 11.8 Å². The minimum atomic E-state index is -0.262. The first kappa shape index (κ1) is 22.0. The molecule has 3 aromatic carbocycles. The van der Waals surface area contributed by atoms with Crippen molar-refractivity contribution < 1.29 is 9.59 Å². The van der Waals surface area contributed by atoms with Gasteiger partial charge in [-0.05, 0) is 31.2 Å². The van der Waals surface area contributed by atoms with Crippen LogP contribution in [0.3, 0.4) is 0 Å². The number of nitrogens with zero attached hydrogens (tertiary/aromatic N) is 3. The number of para-hydroxylation sites is 1. The molecule has 2 amide bonds. The lowest BCUT2D eigenvalue weighted by Gasteiger charge is -2.17. The second kappa shape index (κ2) is 9.96. The molecule has 1 aromatic heterocycles. The van der Waals surface area contributed by atoms with E-state index in [2.05, 4.69) is 5.32 Å². The number of amides is 2. The van der Waals surface area contributed by atoms with Gasteiger partial charge in [0, 0.05) is 36.5 Å². The normalized spacial score (nSPS) is 10.6. The molecule has 1 N–H and O–H groups in total. The first-order valence-electron chi connectivity index (χ1n) is 10.8. The van der Waals surface area contributed by atoms with E-state index in [1.165, 1.54) is 0 Å². The molecule has 0 aliphatic heterocycles. The van der Waals surface area contributed by atoms with Crippen LogP contribution in [0.5, 0.6) is 0 Å². The maximum Gasteiger partial charge on any atom is 0.251 e. The van der Waals surface area contributed by atoms with E-state index in [1.807, 2.05) is 90.6 Å². The Balaban J connectivity index is 1.49. The van der Waals surface area contributed by atoms with Crippen molar-refractivity contribution in [2.45, 2.75) is 13.5 Å². The molecule has 6 nitrogen and oxygen atoms in total. The van der Waals surface area contributed by atoms with Crippen molar-refractivity contribution in [2.75, 3.05) is 13.6 Å². The van der Waals surface area contributed by atoms with Gasteiger partial charge >= 0.3 is 0 Å². The molecule has 0 bridgehead atoms. The van der Waals surface area contributed by atoms with Crippen molar-refractivity contribution in [3.8, 4) is 16.9 Å². The fourth-order valence-corrected chi connectivity index (χ4v) is 3.60. The highest BCUT2D eigenvalue weighted by Gasteiger charge is 2.17. The van der Waals surface area contributed by atoms with E-state index in [0.29, 0.717) is 12.1 Å². The van der Waals surface area contributed by atoms with Gasteiger partial charge in [-0.25, -0.2) is 4.68 Å². The fraction of sp³-hybridized carbons (Fsp3) is 0.148. The summed E-state index contributed by atoms with van der Waals surface area (Å²) in [6.07, 6.45) is 1.95. The second-order valence-corrected chi connectivity index (χ2v) is 7.95. The summed E-state index contributed by atoms with van der Waals surface area (Å²) < 4.78 is 1.83. The van der Waals surface area contributed by atoms with E-state index >= 15 is 0 Å². The van der Waals surface area contributed by atoms with Gasteiger partial charge < -0.3 is 10.2 Å². The van der Waals surface area contributed by atoms with Gasteiger partial charge in [-0.2, -0.15) is 5.10 Å². The molecule has 0 aliphatic carbocycles. The minimum Gasteiger partial charge on any atom is -0.343 e. The van der Waals surface area contributed by atoms with E-state index in [9.17, 15) is 9.59 Å². The minimum absolute atomic E-state index is 0.0727. The van der Waals surface area contributed by atoms with Gasteiger partial charge in [0.2, 0.25) is 5.91 Å². The zero-order valence-corrected chi connectivity index (χ0v) is 18.7. The number of likely N-dealkylation sites (N-methyl/N-ethyl adjacent to an activating group) is 1. The highest BCUT2D eigenvalue weighted by atomic mass is 16.2. The standard InChI is InChI=1S/C27H26N4O2/c1-20-10-9-13-22(16-20)27(33)28-17-25(32)30(2)18-23-19-31(24-14-7-4-8-15-24)29-26(23)21-11-5-3-6-12-21/h3-16,19H,17-18H2,1-2H3,(H,28,33). The summed E-state index contributed by atoms with van der Waals surface area (Å²) in [6, 6.07) is 27.1. The predicted octanol–water partition coefficient (Wildman–Crippen LogP) is 4.24. The molecule has 0 atom stereocenters. The average Bonchev–Trinajstić information content (AvgIpc) is 3.27.